The molecule has 2 bridgehead atoms. The third kappa shape index (κ3) is 1.90. The van der Waals surface area contributed by atoms with Gasteiger partial charge in [0.15, 0.2) is 0 Å². The molecule has 2 nitrogen and oxygen atoms in total. The molecule has 4 heteroatoms. The molecule has 1 saturated carbocycles. The molecular weight excluding hydrogens is 183 g/mol. The van der Waals surface area contributed by atoms with Gasteiger partial charge in [-0.2, -0.15) is 12.6 Å². The highest BCUT2D eigenvalue weighted by Gasteiger charge is 2.61. The molecule has 2 heterocycles. The van der Waals surface area contributed by atoms with Crippen LogP contribution in [-0.4, -0.2) is 32.6 Å². The summed E-state index contributed by atoms with van der Waals surface area (Å²) in [5.74, 6) is 0.819. The van der Waals surface area contributed by atoms with Crippen LogP contribution in [0.3, 0.4) is 0 Å². The van der Waals surface area contributed by atoms with Crippen LogP contribution in [0.2, 0.25) is 0 Å². The van der Waals surface area contributed by atoms with Crippen molar-refractivity contribution in [1.82, 2.24) is 0 Å². The summed E-state index contributed by atoms with van der Waals surface area (Å²) in [6.45, 7) is 5.42. The average molecular weight is 200 g/mol. The van der Waals surface area contributed by atoms with E-state index in [4.69, 9.17) is 12.8 Å². The van der Waals surface area contributed by atoms with E-state index in [1.165, 1.54) is 0 Å². The smallest absolute Gasteiger partial charge is 0.282 e. The second-order valence-corrected chi connectivity index (χ2v) is 4.11. The van der Waals surface area contributed by atoms with E-state index in [2.05, 4.69) is 17.3 Å². The van der Waals surface area contributed by atoms with Crippen molar-refractivity contribution in [2.24, 2.45) is 5.41 Å². The Hall–Kier alpha value is 0.335. The Labute approximate surface area is 87.2 Å². The summed E-state index contributed by atoms with van der Waals surface area (Å²) in [6, 6.07) is 0. The predicted molar refractivity (Wildman–Crippen MR) is 57.3 cm³/mol. The number of hydrogen-bond donors (Lipinski definition) is 1. The predicted octanol–water partition coefficient (Wildman–Crippen LogP) is 1.59. The molecule has 2 aliphatic heterocycles. The molecule has 3 rings (SSSR count). The molecule has 2 saturated heterocycles. The summed E-state index contributed by atoms with van der Waals surface area (Å²) in [5, 5.41) is 0. The van der Waals surface area contributed by atoms with Gasteiger partial charge in [-0.05, 0) is 12.8 Å². The second kappa shape index (κ2) is 4.24. The number of ether oxygens (including phenoxy) is 1. The van der Waals surface area contributed by atoms with Crippen LogP contribution in [-0.2, 0) is 9.39 Å². The lowest BCUT2D eigenvalue weighted by atomic mass is 9.63. The van der Waals surface area contributed by atoms with Gasteiger partial charge in [-0.1, -0.05) is 13.8 Å². The van der Waals surface area contributed by atoms with Crippen molar-refractivity contribution in [3.05, 3.63) is 0 Å². The Kier molecular flexibility index (Phi) is 3.72. The van der Waals surface area contributed by atoms with Crippen LogP contribution in [0.1, 0.15) is 26.7 Å². The third-order valence-electron chi connectivity index (χ3n) is 2.76. The first-order chi connectivity index (χ1) is 6.24. The van der Waals surface area contributed by atoms with E-state index in [1.807, 2.05) is 13.8 Å². The van der Waals surface area contributed by atoms with E-state index >= 15 is 0 Å². The van der Waals surface area contributed by atoms with Crippen LogP contribution < -0.4 is 0 Å². The number of rotatable bonds is 3. The van der Waals surface area contributed by atoms with E-state index in [-0.39, 0.29) is 11.0 Å². The molecule has 3 aliphatic rings. The molecule has 74 valence electrons. The quantitative estimate of drug-likeness (QED) is 0.550. The number of fused-ring (bicyclic) bond motifs is 1. The molecule has 0 aromatic heterocycles. The molecule has 0 atom stereocenters. The Morgan fingerprint density at radius 1 is 1.46 bits per heavy atom. The van der Waals surface area contributed by atoms with Gasteiger partial charge in [0.05, 0.1) is 12.2 Å². The van der Waals surface area contributed by atoms with Gasteiger partial charge >= 0.3 is 0 Å². The lowest BCUT2D eigenvalue weighted by molar-refractivity contribution is -0.00280. The summed E-state index contributed by atoms with van der Waals surface area (Å²) in [4.78, 5) is 0. The van der Waals surface area contributed by atoms with Crippen molar-refractivity contribution in [2.45, 2.75) is 32.3 Å². The van der Waals surface area contributed by atoms with Gasteiger partial charge in [-0.3, -0.25) is 0 Å². The van der Waals surface area contributed by atoms with Gasteiger partial charge in [0.25, 0.3) is 8.05 Å². The minimum absolute atomic E-state index is 0.0711. The first kappa shape index (κ1) is 11.4. The number of thiol groups is 1. The first-order valence-electron chi connectivity index (χ1n) is 4.81. The van der Waals surface area contributed by atoms with E-state index in [0.29, 0.717) is 6.61 Å². The highest BCUT2D eigenvalue weighted by Crippen LogP contribution is 2.58. The Morgan fingerprint density at radius 2 is 2.08 bits per heavy atom. The van der Waals surface area contributed by atoms with E-state index in [1.54, 1.807) is 0 Å². The SMILES string of the molecule is CC.[B]OCC12COC(CS)(C1)C2. The largest absolute Gasteiger partial charge is 0.447 e. The minimum atomic E-state index is 0.0711. The fourth-order valence-corrected chi connectivity index (χ4v) is 2.62. The lowest BCUT2D eigenvalue weighted by Gasteiger charge is -2.43. The van der Waals surface area contributed by atoms with Gasteiger partial charge in [0.2, 0.25) is 0 Å². The van der Waals surface area contributed by atoms with Crippen molar-refractivity contribution < 1.29 is 9.39 Å². The molecule has 3 fully saturated rings. The van der Waals surface area contributed by atoms with E-state index < -0.39 is 0 Å². The normalized spacial score (nSPS) is 40.5. The number of hydrogen-bond acceptors (Lipinski definition) is 3. The maximum absolute atomic E-state index is 5.61. The maximum Gasteiger partial charge on any atom is 0.282 e. The monoisotopic (exact) mass is 200 g/mol. The topological polar surface area (TPSA) is 18.5 Å². The molecule has 0 amide bonds. The summed E-state index contributed by atoms with van der Waals surface area (Å²) in [5.41, 5.74) is 0.305. The molecule has 0 unspecified atom stereocenters. The summed E-state index contributed by atoms with van der Waals surface area (Å²) >= 11 is 4.25. The second-order valence-electron chi connectivity index (χ2n) is 3.79. The minimum Gasteiger partial charge on any atom is -0.447 e. The van der Waals surface area contributed by atoms with Crippen molar-refractivity contribution in [1.29, 1.82) is 0 Å². The molecule has 13 heavy (non-hydrogen) atoms. The third-order valence-corrected chi connectivity index (χ3v) is 3.33. The molecule has 0 aromatic rings. The van der Waals surface area contributed by atoms with Crippen LogP contribution in [0.5, 0.6) is 0 Å². The van der Waals surface area contributed by atoms with Crippen molar-refractivity contribution >= 4 is 20.7 Å². The summed E-state index contributed by atoms with van der Waals surface area (Å²) < 4.78 is 10.3. The van der Waals surface area contributed by atoms with Gasteiger partial charge in [0.1, 0.15) is 0 Å². The van der Waals surface area contributed by atoms with Crippen molar-refractivity contribution in [3.63, 3.8) is 0 Å². The van der Waals surface area contributed by atoms with Gasteiger partial charge in [-0.25, -0.2) is 0 Å². The molecular formula is C9H17BO2S. The zero-order chi connectivity index (χ0) is 9.95. The van der Waals surface area contributed by atoms with Crippen LogP contribution in [0.15, 0.2) is 0 Å². The molecule has 1 aliphatic carbocycles. The Morgan fingerprint density at radius 3 is 2.46 bits per heavy atom. The van der Waals surface area contributed by atoms with Crippen LogP contribution >= 0.6 is 12.6 Å². The lowest BCUT2D eigenvalue weighted by Crippen LogP contribution is -2.47. The molecule has 0 N–H and O–H groups in total. The van der Waals surface area contributed by atoms with Crippen LogP contribution in [0.25, 0.3) is 0 Å². The van der Waals surface area contributed by atoms with Crippen LogP contribution in [0, 0.1) is 5.41 Å². The zero-order valence-electron chi connectivity index (χ0n) is 8.38. The van der Waals surface area contributed by atoms with E-state index in [9.17, 15) is 0 Å². The van der Waals surface area contributed by atoms with Crippen molar-refractivity contribution in [2.75, 3.05) is 19.0 Å². The zero-order valence-corrected chi connectivity index (χ0v) is 9.27. The average Bonchev–Trinajstić information content (AvgIpc) is 2.64. The maximum atomic E-state index is 5.61. The highest BCUT2D eigenvalue weighted by molar-refractivity contribution is 7.80. The van der Waals surface area contributed by atoms with Crippen molar-refractivity contribution in [3.8, 4) is 0 Å². The summed E-state index contributed by atoms with van der Waals surface area (Å²) in [7, 11) is 5.03. The van der Waals surface area contributed by atoms with Gasteiger partial charge in [-0.15, -0.1) is 0 Å². The van der Waals surface area contributed by atoms with E-state index in [0.717, 1.165) is 25.2 Å². The van der Waals surface area contributed by atoms with Gasteiger partial charge in [0, 0.05) is 17.8 Å². The van der Waals surface area contributed by atoms with Gasteiger partial charge < -0.3 is 9.39 Å². The first-order valence-corrected chi connectivity index (χ1v) is 5.44. The molecule has 0 spiro atoms. The molecule has 2 radical (unpaired) electrons. The standard InChI is InChI=1S/C7H11BO2S.C2H6/c8-10-4-6-1-7(2-6,5-11)9-3-6;1-2/h11H,1-5H2;1-2H3. The Balaban J connectivity index is 0.000000396. The Bertz CT molecular complexity index is 169. The highest BCUT2D eigenvalue weighted by atomic mass is 32.1. The fourth-order valence-electron chi connectivity index (χ4n) is 2.30. The van der Waals surface area contributed by atoms with Crippen LogP contribution in [0.4, 0.5) is 0 Å². The fraction of sp³-hybridized carbons (Fsp3) is 1.00. The summed E-state index contributed by atoms with van der Waals surface area (Å²) in [6.07, 6.45) is 2.14. The molecule has 0 aromatic carbocycles.